The van der Waals surface area contributed by atoms with Crippen molar-refractivity contribution in [1.82, 2.24) is 14.8 Å². The molecule has 2 aromatic carbocycles. The number of carbonyl (C=O) groups is 1. The van der Waals surface area contributed by atoms with Crippen molar-refractivity contribution in [2.24, 2.45) is 4.99 Å². The molecule has 3 aromatic rings. The largest absolute Gasteiger partial charge is 0.497 e. The first-order chi connectivity index (χ1) is 14.5. The average molecular weight is 423 g/mol. The number of fused-ring (bicyclic) bond motifs is 3. The summed E-state index contributed by atoms with van der Waals surface area (Å²) in [5.41, 5.74) is 3.50. The Kier molecular flexibility index (Phi) is 5.68. The summed E-state index contributed by atoms with van der Waals surface area (Å²) in [6.07, 6.45) is 1.62. The molecule has 0 spiro atoms. The molecule has 6 nitrogen and oxygen atoms in total. The highest BCUT2D eigenvalue weighted by Crippen LogP contribution is 2.34. The van der Waals surface area contributed by atoms with Crippen molar-refractivity contribution in [2.75, 3.05) is 7.11 Å². The van der Waals surface area contributed by atoms with Gasteiger partial charge in [-0.15, -0.1) is 10.2 Å². The summed E-state index contributed by atoms with van der Waals surface area (Å²) in [5, 5.41) is 9.33. The van der Waals surface area contributed by atoms with Crippen LogP contribution in [0.3, 0.4) is 0 Å². The molecule has 30 heavy (non-hydrogen) atoms. The van der Waals surface area contributed by atoms with Gasteiger partial charge in [0.1, 0.15) is 23.4 Å². The first kappa shape index (κ1) is 20.3. The zero-order valence-electron chi connectivity index (χ0n) is 17.2. The highest BCUT2D eigenvalue weighted by Gasteiger charge is 2.29. The van der Waals surface area contributed by atoms with E-state index in [9.17, 15) is 4.79 Å². The molecule has 0 bridgehead atoms. The minimum absolute atomic E-state index is 0.164. The number of Topliss-reactive ketones (excluding diaryl/α,β-unsaturated/α-hetero) is 1. The van der Waals surface area contributed by atoms with E-state index in [1.165, 1.54) is 0 Å². The summed E-state index contributed by atoms with van der Waals surface area (Å²) in [5.74, 6) is 2.31. The third-order valence-electron chi connectivity index (χ3n) is 5.20. The fourth-order valence-electron chi connectivity index (χ4n) is 3.77. The van der Waals surface area contributed by atoms with Gasteiger partial charge in [-0.05, 0) is 43.7 Å². The third-order valence-corrected chi connectivity index (χ3v) is 5.45. The van der Waals surface area contributed by atoms with Crippen molar-refractivity contribution >= 4 is 23.1 Å². The number of nitrogens with zero attached hydrogens (tertiary/aromatic N) is 4. The van der Waals surface area contributed by atoms with Crippen molar-refractivity contribution in [3.8, 4) is 11.4 Å². The Labute approximate surface area is 180 Å². The Morgan fingerprint density at radius 2 is 1.93 bits per heavy atom. The molecule has 154 valence electrons. The number of hydrogen-bond donors (Lipinski definition) is 0. The van der Waals surface area contributed by atoms with Gasteiger partial charge >= 0.3 is 0 Å². The molecule has 1 atom stereocenters. The molecule has 1 aromatic heterocycles. The lowest BCUT2D eigenvalue weighted by molar-refractivity contribution is -0.119. The smallest absolute Gasteiger partial charge is 0.162 e. The maximum atomic E-state index is 12.5. The summed E-state index contributed by atoms with van der Waals surface area (Å²) in [7, 11) is 1.64. The number of ether oxygens (including phenoxy) is 1. The van der Waals surface area contributed by atoms with E-state index < -0.39 is 6.04 Å². The van der Waals surface area contributed by atoms with E-state index in [-0.39, 0.29) is 12.2 Å². The molecule has 0 aliphatic carbocycles. The van der Waals surface area contributed by atoms with Crippen LogP contribution in [-0.4, -0.2) is 33.4 Å². The molecule has 2 heterocycles. The van der Waals surface area contributed by atoms with Crippen LogP contribution in [-0.2, 0) is 4.79 Å². The third kappa shape index (κ3) is 3.75. The fraction of sp³-hybridized carbons (Fsp3) is 0.304. The summed E-state index contributed by atoms with van der Waals surface area (Å²) < 4.78 is 7.47. The number of halogens is 1. The zero-order valence-corrected chi connectivity index (χ0v) is 18.0. The molecule has 7 heteroatoms. The number of aromatic nitrogens is 3. The molecule has 0 radical (unpaired) electrons. The van der Waals surface area contributed by atoms with E-state index in [1.807, 2.05) is 60.9 Å². The Balaban J connectivity index is 1.96. The van der Waals surface area contributed by atoms with Gasteiger partial charge in [0.2, 0.25) is 0 Å². The summed E-state index contributed by atoms with van der Waals surface area (Å²) in [4.78, 5) is 17.6. The highest BCUT2D eigenvalue weighted by atomic mass is 35.5. The van der Waals surface area contributed by atoms with Gasteiger partial charge in [0.15, 0.2) is 5.82 Å². The lowest BCUT2D eigenvalue weighted by Gasteiger charge is -2.14. The molecular weight excluding hydrogens is 400 g/mol. The Bertz CT molecular complexity index is 1120. The Hall–Kier alpha value is -2.99. The van der Waals surface area contributed by atoms with E-state index in [0.717, 1.165) is 40.5 Å². The van der Waals surface area contributed by atoms with Crippen LogP contribution >= 0.6 is 11.6 Å². The quantitative estimate of drug-likeness (QED) is 0.567. The van der Waals surface area contributed by atoms with E-state index in [4.69, 9.17) is 21.3 Å². The molecule has 4 rings (SSSR count). The number of benzene rings is 2. The predicted octanol–water partition coefficient (Wildman–Crippen LogP) is 4.89. The predicted molar refractivity (Wildman–Crippen MR) is 117 cm³/mol. The van der Waals surface area contributed by atoms with Crippen molar-refractivity contribution in [2.45, 2.75) is 39.2 Å². The van der Waals surface area contributed by atoms with Crippen LogP contribution in [0.25, 0.3) is 5.69 Å². The number of aryl methyl sites for hydroxylation is 1. The van der Waals surface area contributed by atoms with Crippen LogP contribution < -0.4 is 4.74 Å². The average Bonchev–Trinajstić information content (AvgIpc) is 3.06. The van der Waals surface area contributed by atoms with E-state index in [2.05, 4.69) is 10.2 Å². The van der Waals surface area contributed by atoms with Gasteiger partial charge in [0.05, 0.1) is 18.5 Å². The molecule has 0 saturated carbocycles. The summed E-state index contributed by atoms with van der Waals surface area (Å²) >= 11 is 6.11. The lowest BCUT2D eigenvalue weighted by Crippen LogP contribution is -2.11. The van der Waals surface area contributed by atoms with Gasteiger partial charge in [-0.25, -0.2) is 0 Å². The van der Waals surface area contributed by atoms with Gasteiger partial charge in [-0.3, -0.25) is 14.4 Å². The van der Waals surface area contributed by atoms with Gasteiger partial charge in [-0.1, -0.05) is 30.7 Å². The second-order valence-electron chi connectivity index (χ2n) is 7.32. The standard InChI is InChI=1S/C23H23ClN4O2/c1-4-5-17(29)12-20-23-27-26-14(2)28(23)21-11-10-18(30-3)13-19(21)22(25-20)15-6-8-16(24)9-7-15/h6-11,13,20H,4-5,12H2,1-3H3/t20-/m1/s1. The normalized spacial score (nSPS) is 15.1. The van der Waals surface area contributed by atoms with Crippen molar-refractivity contribution < 1.29 is 9.53 Å². The molecule has 1 aliphatic rings. The van der Waals surface area contributed by atoms with Crippen LogP contribution in [0.15, 0.2) is 47.5 Å². The number of aliphatic imine (C=N–C) groups is 1. The van der Waals surface area contributed by atoms with Gasteiger partial charge in [-0.2, -0.15) is 0 Å². The monoisotopic (exact) mass is 422 g/mol. The van der Waals surface area contributed by atoms with E-state index in [0.29, 0.717) is 17.3 Å². The first-order valence-corrected chi connectivity index (χ1v) is 10.4. The molecule has 0 unspecified atom stereocenters. The number of hydrogen-bond acceptors (Lipinski definition) is 5. The molecule has 0 saturated heterocycles. The number of rotatable bonds is 6. The Morgan fingerprint density at radius 1 is 1.17 bits per heavy atom. The van der Waals surface area contributed by atoms with Gasteiger partial charge < -0.3 is 4.74 Å². The molecule has 0 N–H and O–H groups in total. The second-order valence-corrected chi connectivity index (χ2v) is 7.75. The number of methoxy groups -OCH3 is 1. The molecule has 0 fully saturated rings. The number of carbonyl (C=O) groups excluding carboxylic acids is 1. The Morgan fingerprint density at radius 3 is 2.63 bits per heavy atom. The summed E-state index contributed by atoms with van der Waals surface area (Å²) in [6, 6.07) is 13.0. The number of ketones is 1. The SMILES string of the molecule is CCCC(=O)C[C@H]1N=C(c2ccc(Cl)cc2)c2cc(OC)ccc2-n2c(C)nnc21. The van der Waals surface area contributed by atoms with Crippen molar-refractivity contribution in [3.05, 3.63) is 70.3 Å². The van der Waals surface area contributed by atoms with Crippen molar-refractivity contribution in [1.29, 1.82) is 0 Å². The van der Waals surface area contributed by atoms with Crippen LogP contribution in [0, 0.1) is 6.92 Å². The van der Waals surface area contributed by atoms with Crippen LogP contribution in [0.2, 0.25) is 5.02 Å². The minimum Gasteiger partial charge on any atom is -0.497 e. The minimum atomic E-state index is -0.422. The van der Waals surface area contributed by atoms with Gasteiger partial charge in [0.25, 0.3) is 0 Å². The summed E-state index contributed by atoms with van der Waals surface area (Å²) in [6.45, 7) is 3.91. The van der Waals surface area contributed by atoms with E-state index in [1.54, 1.807) is 7.11 Å². The fourth-order valence-corrected chi connectivity index (χ4v) is 3.90. The lowest BCUT2D eigenvalue weighted by atomic mass is 9.99. The topological polar surface area (TPSA) is 69.4 Å². The van der Waals surface area contributed by atoms with Crippen LogP contribution in [0.5, 0.6) is 5.75 Å². The maximum absolute atomic E-state index is 12.5. The second kappa shape index (κ2) is 8.40. The van der Waals surface area contributed by atoms with Crippen LogP contribution in [0.4, 0.5) is 0 Å². The molecular formula is C23H23ClN4O2. The van der Waals surface area contributed by atoms with Crippen molar-refractivity contribution in [3.63, 3.8) is 0 Å². The first-order valence-electron chi connectivity index (χ1n) is 9.98. The maximum Gasteiger partial charge on any atom is 0.162 e. The van der Waals surface area contributed by atoms with Gasteiger partial charge in [0, 0.05) is 29.0 Å². The molecule has 0 amide bonds. The molecule has 1 aliphatic heterocycles. The van der Waals surface area contributed by atoms with E-state index >= 15 is 0 Å². The zero-order chi connectivity index (χ0) is 21.3. The van der Waals surface area contributed by atoms with Crippen LogP contribution in [0.1, 0.15) is 55.0 Å². The highest BCUT2D eigenvalue weighted by molar-refractivity contribution is 6.30.